The minimum atomic E-state index is -0.679. The first-order valence-corrected chi connectivity index (χ1v) is 13.7. The highest BCUT2D eigenvalue weighted by molar-refractivity contribution is 9.10. The largest absolute Gasteiger partial charge is 0.350 e. The molecular weight excluding hydrogens is 591 g/mol. The summed E-state index contributed by atoms with van der Waals surface area (Å²) < 4.78 is 0.803. The Labute approximate surface area is 240 Å². The van der Waals surface area contributed by atoms with Gasteiger partial charge in [-0.15, -0.1) is 0 Å². The lowest BCUT2D eigenvalue weighted by atomic mass is 9.96. The second-order valence-electron chi connectivity index (χ2n) is 8.86. The van der Waals surface area contributed by atoms with Crippen molar-refractivity contribution in [1.29, 1.82) is 0 Å². The smallest absolute Gasteiger partial charge is 0.311 e. The maximum atomic E-state index is 12.8. The molecule has 7 nitrogen and oxygen atoms in total. The topological polar surface area (TPSA) is 81.8 Å². The predicted molar refractivity (Wildman–Crippen MR) is 152 cm³/mol. The molecule has 0 aromatic heterocycles. The van der Waals surface area contributed by atoms with Gasteiger partial charge < -0.3 is 15.5 Å². The number of benzene rings is 3. The van der Waals surface area contributed by atoms with Crippen molar-refractivity contribution in [2.24, 2.45) is 0 Å². The first-order valence-electron chi connectivity index (χ1n) is 12.2. The molecule has 0 aliphatic carbocycles. The minimum absolute atomic E-state index is 0.0375. The van der Waals surface area contributed by atoms with Crippen LogP contribution >= 0.6 is 39.1 Å². The summed E-state index contributed by atoms with van der Waals surface area (Å²) in [7, 11) is 0. The number of hydrogen-bond acceptors (Lipinski definition) is 4. The number of amides is 3. The fourth-order valence-electron chi connectivity index (χ4n) is 4.39. The molecule has 198 valence electrons. The van der Waals surface area contributed by atoms with Crippen molar-refractivity contribution in [1.82, 2.24) is 20.4 Å². The highest BCUT2D eigenvalue weighted by Gasteiger charge is 2.30. The summed E-state index contributed by atoms with van der Waals surface area (Å²) in [6.07, 6.45) is 0. The number of rotatable bonds is 7. The fourth-order valence-corrected chi connectivity index (χ4v) is 5.04. The number of carbonyl (C=O) groups is 3. The molecule has 1 heterocycles. The first-order chi connectivity index (χ1) is 18.3. The van der Waals surface area contributed by atoms with Crippen molar-refractivity contribution in [3.63, 3.8) is 0 Å². The van der Waals surface area contributed by atoms with Crippen LogP contribution in [0.2, 0.25) is 10.0 Å². The Bertz CT molecular complexity index is 1230. The molecule has 0 saturated carbocycles. The van der Waals surface area contributed by atoms with E-state index in [2.05, 4.69) is 31.5 Å². The van der Waals surface area contributed by atoms with Crippen LogP contribution in [0.1, 0.15) is 27.5 Å². The molecule has 38 heavy (non-hydrogen) atoms. The van der Waals surface area contributed by atoms with Crippen molar-refractivity contribution in [3.05, 3.63) is 104 Å². The van der Waals surface area contributed by atoms with Crippen LogP contribution in [0.15, 0.2) is 77.3 Å². The molecule has 3 aromatic rings. The molecular formula is C28H27BrCl2N4O3. The van der Waals surface area contributed by atoms with Crippen LogP contribution in [0.4, 0.5) is 0 Å². The Morgan fingerprint density at radius 2 is 1.34 bits per heavy atom. The van der Waals surface area contributed by atoms with Gasteiger partial charge in [-0.1, -0.05) is 69.5 Å². The number of hydrogen-bond donors (Lipinski definition) is 2. The third kappa shape index (κ3) is 7.35. The molecule has 1 aliphatic rings. The first kappa shape index (κ1) is 28.1. The van der Waals surface area contributed by atoms with E-state index in [0.717, 1.165) is 15.6 Å². The van der Waals surface area contributed by atoms with Crippen molar-refractivity contribution < 1.29 is 14.4 Å². The van der Waals surface area contributed by atoms with E-state index >= 15 is 0 Å². The Balaban J connectivity index is 1.29. The molecule has 0 spiro atoms. The third-order valence-corrected chi connectivity index (χ3v) is 7.31. The van der Waals surface area contributed by atoms with Gasteiger partial charge in [0.2, 0.25) is 0 Å². The van der Waals surface area contributed by atoms with Gasteiger partial charge in [-0.3, -0.25) is 19.3 Å². The summed E-state index contributed by atoms with van der Waals surface area (Å²) in [6.45, 7) is 2.39. The molecule has 10 heteroatoms. The molecule has 0 bridgehead atoms. The van der Waals surface area contributed by atoms with Gasteiger partial charge in [-0.2, -0.15) is 0 Å². The van der Waals surface area contributed by atoms with Crippen LogP contribution in [0.3, 0.4) is 0 Å². The van der Waals surface area contributed by atoms with E-state index in [4.69, 9.17) is 23.2 Å². The highest BCUT2D eigenvalue weighted by atomic mass is 79.9. The molecule has 2 N–H and O–H groups in total. The average Bonchev–Trinajstić information content (AvgIpc) is 2.93. The maximum absolute atomic E-state index is 12.8. The Morgan fingerprint density at radius 3 is 1.89 bits per heavy atom. The lowest BCUT2D eigenvalue weighted by Crippen LogP contribution is -2.53. The lowest BCUT2D eigenvalue weighted by Gasteiger charge is -2.39. The lowest BCUT2D eigenvalue weighted by molar-refractivity contribution is -0.147. The van der Waals surface area contributed by atoms with E-state index in [1.54, 1.807) is 23.1 Å². The number of nitrogens with zero attached hydrogens (tertiary/aromatic N) is 2. The quantitative estimate of drug-likeness (QED) is 0.301. The van der Waals surface area contributed by atoms with Crippen molar-refractivity contribution >= 4 is 56.9 Å². The van der Waals surface area contributed by atoms with E-state index in [9.17, 15) is 14.4 Å². The predicted octanol–water partition coefficient (Wildman–Crippen LogP) is 4.54. The van der Waals surface area contributed by atoms with E-state index < -0.39 is 11.8 Å². The Hall–Kier alpha value is -2.91. The highest BCUT2D eigenvalue weighted by Crippen LogP contribution is 2.31. The van der Waals surface area contributed by atoms with Crippen LogP contribution in [-0.4, -0.2) is 66.8 Å². The summed E-state index contributed by atoms with van der Waals surface area (Å²) in [4.78, 5) is 41.3. The molecule has 1 saturated heterocycles. The summed E-state index contributed by atoms with van der Waals surface area (Å²) in [6, 6.07) is 22.4. The standard InChI is InChI=1S/C28H27BrCl2N4O3/c29-22-3-1-2-21(18-22)26(36)32-12-13-33-27(37)28(38)35-16-14-34(15-17-35)25(19-4-8-23(30)9-5-19)20-6-10-24(31)11-7-20/h1-11,18,25H,12-17H2,(H,32,36)(H,33,37). The van der Waals surface area contributed by atoms with Gasteiger partial charge in [0.25, 0.3) is 5.91 Å². The van der Waals surface area contributed by atoms with Gasteiger partial charge in [0.15, 0.2) is 0 Å². The van der Waals surface area contributed by atoms with Crippen LogP contribution < -0.4 is 10.6 Å². The van der Waals surface area contributed by atoms with Gasteiger partial charge in [-0.05, 0) is 53.6 Å². The summed E-state index contributed by atoms with van der Waals surface area (Å²) >= 11 is 15.6. The van der Waals surface area contributed by atoms with Crippen molar-refractivity contribution in [2.75, 3.05) is 39.3 Å². The number of piperazine rings is 1. The van der Waals surface area contributed by atoms with E-state index in [1.807, 2.05) is 54.6 Å². The summed E-state index contributed by atoms with van der Waals surface area (Å²) in [5, 5.41) is 6.66. The maximum Gasteiger partial charge on any atom is 0.311 e. The van der Waals surface area contributed by atoms with Gasteiger partial charge in [-0.25, -0.2) is 0 Å². The minimum Gasteiger partial charge on any atom is -0.350 e. The zero-order chi connectivity index (χ0) is 27.1. The van der Waals surface area contributed by atoms with Crippen LogP contribution in [0.25, 0.3) is 0 Å². The van der Waals surface area contributed by atoms with Gasteiger partial charge in [0, 0.05) is 59.3 Å². The van der Waals surface area contributed by atoms with Crippen molar-refractivity contribution in [3.8, 4) is 0 Å². The van der Waals surface area contributed by atoms with Gasteiger partial charge in [0.05, 0.1) is 6.04 Å². The summed E-state index contributed by atoms with van der Waals surface area (Å²) in [5.74, 6) is -1.50. The zero-order valence-corrected chi connectivity index (χ0v) is 23.6. The molecule has 0 unspecified atom stereocenters. The summed E-state index contributed by atoms with van der Waals surface area (Å²) in [5.41, 5.74) is 2.67. The van der Waals surface area contributed by atoms with E-state index in [1.165, 1.54) is 0 Å². The number of halogens is 3. The van der Waals surface area contributed by atoms with Crippen LogP contribution in [0, 0.1) is 0 Å². The molecule has 1 fully saturated rings. The fraction of sp³-hybridized carbons (Fsp3) is 0.250. The molecule has 3 aromatic carbocycles. The van der Waals surface area contributed by atoms with Gasteiger partial charge >= 0.3 is 11.8 Å². The number of carbonyl (C=O) groups excluding carboxylic acids is 3. The average molecular weight is 618 g/mol. The van der Waals surface area contributed by atoms with E-state index in [-0.39, 0.29) is 25.0 Å². The third-order valence-electron chi connectivity index (χ3n) is 6.32. The molecule has 3 amide bonds. The molecule has 0 radical (unpaired) electrons. The zero-order valence-electron chi connectivity index (χ0n) is 20.5. The van der Waals surface area contributed by atoms with Crippen molar-refractivity contribution in [2.45, 2.75) is 6.04 Å². The monoisotopic (exact) mass is 616 g/mol. The number of nitrogens with one attached hydrogen (secondary N) is 2. The molecule has 1 aliphatic heterocycles. The molecule has 0 atom stereocenters. The normalized spacial score (nSPS) is 13.8. The van der Waals surface area contributed by atoms with Gasteiger partial charge in [0.1, 0.15) is 0 Å². The van der Waals surface area contributed by atoms with Crippen LogP contribution in [-0.2, 0) is 9.59 Å². The van der Waals surface area contributed by atoms with E-state index in [0.29, 0.717) is 41.8 Å². The SMILES string of the molecule is O=C(NCCNC(=O)c1cccc(Br)c1)C(=O)N1CCN(C(c2ccc(Cl)cc2)c2ccc(Cl)cc2)CC1. The second kappa shape index (κ2) is 13.2. The molecule has 4 rings (SSSR count). The Kier molecular flexibility index (Phi) is 9.80. The second-order valence-corrected chi connectivity index (χ2v) is 10.6. The van der Waals surface area contributed by atoms with Crippen LogP contribution in [0.5, 0.6) is 0 Å². The Morgan fingerprint density at radius 1 is 0.789 bits per heavy atom.